The number of amidine groups is 1. The van der Waals surface area contributed by atoms with Gasteiger partial charge in [-0.1, -0.05) is 19.9 Å². The minimum Gasteiger partial charge on any atom is -0.384 e. The van der Waals surface area contributed by atoms with Crippen LogP contribution in [0.1, 0.15) is 25.8 Å². The zero-order valence-electron chi connectivity index (χ0n) is 11.9. The van der Waals surface area contributed by atoms with Crippen LogP contribution in [0, 0.1) is 17.2 Å². The van der Waals surface area contributed by atoms with Gasteiger partial charge in [0.05, 0.1) is 5.56 Å². The van der Waals surface area contributed by atoms with E-state index in [9.17, 15) is 0 Å². The average molecular weight is 277 g/mol. The lowest BCUT2D eigenvalue weighted by molar-refractivity contribution is 0.423. The molecule has 1 atom stereocenters. The molecule has 0 spiro atoms. The van der Waals surface area contributed by atoms with E-state index in [1.54, 1.807) is 11.8 Å². The summed E-state index contributed by atoms with van der Waals surface area (Å²) in [5, 5.41) is 7.86. The Morgan fingerprint density at radius 2 is 2.21 bits per heavy atom. The molecule has 2 rings (SSSR count). The first-order valence-electron chi connectivity index (χ1n) is 6.81. The van der Waals surface area contributed by atoms with E-state index in [1.807, 2.05) is 12.3 Å². The molecule has 19 heavy (non-hydrogen) atoms. The summed E-state index contributed by atoms with van der Waals surface area (Å²) in [5.41, 5.74) is 7.83. The van der Waals surface area contributed by atoms with Gasteiger partial charge in [0.1, 0.15) is 5.84 Å². The molecule has 0 bridgehead atoms. The molecule has 1 heterocycles. The number of anilines is 1. The SMILES string of the molecule is CSc1cccc(N2CCC(C(C)C)C2)c1C(=N)N. The number of nitrogen functional groups attached to an aromatic ring is 1. The minimum atomic E-state index is 0.174. The Labute approximate surface area is 120 Å². The van der Waals surface area contributed by atoms with Gasteiger partial charge >= 0.3 is 0 Å². The van der Waals surface area contributed by atoms with Gasteiger partial charge in [0.15, 0.2) is 0 Å². The van der Waals surface area contributed by atoms with Crippen molar-refractivity contribution in [3.8, 4) is 0 Å². The van der Waals surface area contributed by atoms with Crippen molar-refractivity contribution in [2.24, 2.45) is 17.6 Å². The van der Waals surface area contributed by atoms with Gasteiger partial charge in [-0.25, -0.2) is 0 Å². The third kappa shape index (κ3) is 2.89. The lowest BCUT2D eigenvalue weighted by Crippen LogP contribution is -2.25. The molecule has 0 amide bonds. The van der Waals surface area contributed by atoms with Gasteiger partial charge in [0.25, 0.3) is 0 Å². The molecule has 104 valence electrons. The summed E-state index contributed by atoms with van der Waals surface area (Å²) in [7, 11) is 0. The quantitative estimate of drug-likeness (QED) is 0.505. The molecule has 3 N–H and O–H groups in total. The number of nitrogens with zero attached hydrogens (tertiary/aromatic N) is 1. The van der Waals surface area contributed by atoms with Gasteiger partial charge in [0.2, 0.25) is 0 Å². The Morgan fingerprint density at radius 3 is 2.74 bits per heavy atom. The molecule has 0 aromatic heterocycles. The standard InChI is InChI=1S/C15H23N3S/c1-10(2)11-7-8-18(9-11)12-5-4-6-13(19-3)14(12)15(16)17/h4-6,10-11H,7-9H2,1-3H3,(H3,16,17). The van der Waals surface area contributed by atoms with Crippen molar-refractivity contribution in [3.05, 3.63) is 23.8 Å². The van der Waals surface area contributed by atoms with Crippen molar-refractivity contribution in [2.45, 2.75) is 25.2 Å². The molecular weight excluding hydrogens is 254 g/mol. The highest BCUT2D eigenvalue weighted by atomic mass is 32.2. The molecule has 0 saturated carbocycles. The van der Waals surface area contributed by atoms with Crippen molar-refractivity contribution in [2.75, 3.05) is 24.2 Å². The highest BCUT2D eigenvalue weighted by molar-refractivity contribution is 7.98. The second kappa shape index (κ2) is 5.87. The molecule has 1 aromatic carbocycles. The van der Waals surface area contributed by atoms with E-state index in [0.717, 1.165) is 41.1 Å². The van der Waals surface area contributed by atoms with Crippen LogP contribution in [0.2, 0.25) is 0 Å². The van der Waals surface area contributed by atoms with E-state index >= 15 is 0 Å². The third-order valence-electron chi connectivity index (χ3n) is 4.00. The Kier molecular flexibility index (Phi) is 4.40. The van der Waals surface area contributed by atoms with Crippen LogP contribution < -0.4 is 10.6 Å². The van der Waals surface area contributed by atoms with Gasteiger partial charge in [-0.2, -0.15) is 0 Å². The maximum absolute atomic E-state index is 7.86. The van der Waals surface area contributed by atoms with E-state index in [2.05, 4.69) is 30.9 Å². The maximum Gasteiger partial charge on any atom is 0.126 e. The summed E-state index contributed by atoms with van der Waals surface area (Å²) in [4.78, 5) is 3.49. The van der Waals surface area contributed by atoms with E-state index in [-0.39, 0.29) is 5.84 Å². The molecular formula is C15H23N3S. The van der Waals surface area contributed by atoms with Crippen molar-refractivity contribution in [1.29, 1.82) is 5.41 Å². The molecule has 0 radical (unpaired) electrons. The summed E-state index contributed by atoms with van der Waals surface area (Å²) in [6.07, 6.45) is 3.27. The van der Waals surface area contributed by atoms with Crippen LogP contribution in [0.3, 0.4) is 0 Å². The molecule has 4 heteroatoms. The molecule has 1 aromatic rings. The van der Waals surface area contributed by atoms with Crippen LogP contribution in [-0.2, 0) is 0 Å². The van der Waals surface area contributed by atoms with Gasteiger partial charge < -0.3 is 10.6 Å². The van der Waals surface area contributed by atoms with Gasteiger partial charge in [-0.15, -0.1) is 11.8 Å². The van der Waals surface area contributed by atoms with Crippen LogP contribution in [0.4, 0.5) is 5.69 Å². The lowest BCUT2D eigenvalue weighted by Gasteiger charge is -2.24. The predicted octanol–water partition coefficient (Wildman–Crippen LogP) is 3.17. The van der Waals surface area contributed by atoms with Crippen molar-refractivity contribution < 1.29 is 0 Å². The highest BCUT2D eigenvalue weighted by Crippen LogP contribution is 2.34. The zero-order chi connectivity index (χ0) is 14.0. The van der Waals surface area contributed by atoms with Crippen molar-refractivity contribution >= 4 is 23.3 Å². The van der Waals surface area contributed by atoms with Crippen LogP contribution in [-0.4, -0.2) is 25.2 Å². The molecule has 1 aliphatic rings. The Balaban J connectivity index is 2.33. The largest absolute Gasteiger partial charge is 0.384 e. The second-order valence-corrected chi connectivity index (χ2v) is 6.35. The van der Waals surface area contributed by atoms with Gasteiger partial charge in [0, 0.05) is 23.7 Å². The number of nitrogens with two attached hydrogens (primary N) is 1. The van der Waals surface area contributed by atoms with Gasteiger partial charge in [-0.3, -0.25) is 5.41 Å². The molecule has 1 unspecified atom stereocenters. The van der Waals surface area contributed by atoms with Crippen molar-refractivity contribution in [3.63, 3.8) is 0 Å². The minimum absolute atomic E-state index is 0.174. The van der Waals surface area contributed by atoms with Crippen LogP contribution >= 0.6 is 11.8 Å². The van der Waals surface area contributed by atoms with E-state index in [1.165, 1.54) is 6.42 Å². The first-order chi connectivity index (χ1) is 9.04. The van der Waals surface area contributed by atoms with Crippen LogP contribution in [0.25, 0.3) is 0 Å². The lowest BCUT2D eigenvalue weighted by atomic mass is 9.95. The van der Waals surface area contributed by atoms with Crippen LogP contribution in [0.15, 0.2) is 23.1 Å². The molecule has 3 nitrogen and oxygen atoms in total. The first-order valence-corrected chi connectivity index (χ1v) is 8.03. The molecule has 1 saturated heterocycles. The number of nitrogens with one attached hydrogen (secondary N) is 1. The van der Waals surface area contributed by atoms with Crippen LogP contribution in [0.5, 0.6) is 0 Å². The number of rotatable bonds is 4. The fourth-order valence-electron chi connectivity index (χ4n) is 2.77. The topological polar surface area (TPSA) is 53.1 Å². The monoisotopic (exact) mass is 277 g/mol. The molecule has 0 aliphatic carbocycles. The summed E-state index contributed by atoms with van der Waals surface area (Å²) in [6, 6.07) is 6.20. The fraction of sp³-hybridized carbons (Fsp3) is 0.533. The van der Waals surface area contributed by atoms with E-state index < -0.39 is 0 Å². The summed E-state index contributed by atoms with van der Waals surface area (Å²) in [6.45, 7) is 6.73. The number of thioether (sulfide) groups is 1. The zero-order valence-corrected chi connectivity index (χ0v) is 12.8. The predicted molar refractivity (Wildman–Crippen MR) is 84.4 cm³/mol. The molecule has 1 fully saturated rings. The summed E-state index contributed by atoms with van der Waals surface area (Å²) >= 11 is 1.66. The van der Waals surface area contributed by atoms with Crippen molar-refractivity contribution in [1.82, 2.24) is 0 Å². The van der Waals surface area contributed by atoms with E-state index in [4.69, 9.17) is 11.1 Å². The Bertz CT molecular complexity index is 470. The third-order valence-corrected chi connectivity index (χ3v) is 4.78. The molecule has 1 aliphatic heterocycles. The number of benzene rings is 1. The maximum atomic E-state index is 7.86. The fourth-order valence-corrected chi connectivity index (χ4v) is 3.41. The Morgan fingerprint density at radius 1 is 1.47 bits per heavy atom. The number of hydrogen-bond acceptors (Lipinski definition) is 3. The summed E-state index contributed by atoms with van der Waals surface area (Å²) in [5.74, 6) is 1.64. The first kappa shape index (κ1) is 14.3. The van der Waals surface area contributed by atoms with E-state index in [0.29, 0.717) is 0 Å². The summed E-state index contributed by atoms with van der Waals surface area (Å²) < 4.78 is 0. The number of hydrogen-bond donors (Lipinski definition) is 2. The Hall–Kier alpha value is -1.16. The average Bonchev–Trinajstić information content (AvgIpc) is 2.87. The smallest absolute Gasteiger partial charge is 0.126 e. The second-order valence-electron chi connectivity index (χ2n) is 5.51. The normalized spacial score (nSPS) is 19.2. The highest BCUT2D eigenvalue weighted by Gasteiger charge is 2.27. The van der Waals surface area contributed by atoms with Gasteiger partial charge in [-0.05, 0) is 36.6 Å².